The Balaban J connectivity index is 5.13. The summed E-state index contributed by atoms with van der Waals surface area (Å²) in [6, 6.07) is -1.35. The van der Waals surface area contributed by atoms with Crippen molar-refractivity contribution in [1.29, 1.82) is 0 Å². The molecule has 0 bridgehead atoms. The minimum absolute atomic E-state index is 0.550. The molecule has 0 amide bonds. The zero-order valence-electron chi connectivity index (χ0n) is 12.3. The van der Waals surface area contributed by atoms with Crippen molar-refractivity contribution in [1.82, 2.24) is 9.80 Å². The number of aliphatic carboxylic acids is 4. The molecule has 0 saturated carbocycles. The Morgan fingerprint density at radius 2 is 0.818 bits per heavy atom. The van der Waals surface area contributed by atoms with E-state index in [1.54, 1.807) is 0 Å². The molecule has 10 nitrogen and oxygen atoms in total. The minimum Gasteiger partial charge on any atom is -0.480 e. The van der Waals surface area contributed by atoms with Crippen molar-refractivity contribution in [3.63, 3.8) is 0 Å². The van der Waals surface area contributed by atoms with Gasteiger partial charge in [0.2, 0.25) is 0 Å². The highest BCUT2D eigenvalue weighted by atomic mass is 16.4. The lowest BCUT2D eigenvalue weighted by Gasteiger charge is -2.36. The predicted octanol–water partition coefficient (Wildman–Crippen LogP) is -1.29. The molecule has 0 aromatic heterocycles. The van der Waals surface area contributed by atoms with Gasteiger partial charge in [-0.15, -0.1) is 0 Å². The standard InChI is InChI=1S/C12H20N2O8/c1-7(13(3-9(15)16)4-10(17)18)8(2)14(5-11(19)20)6-12(21)22/h7-8H,3-6H2,1-2H3,(H,15,16)(H,17,18)(H,19,20)(H,21,22). The van der Waals surface area contributed by atoms with Gasteiger partial charge in [0.1, 0.15) is 0 Å². The number of hydrogen-bond donors (Lipinski definition) is 4. The molecule has 0 spiro atoms. The molecule has 2 atom stereocenters. The van der Waals surface area contributed by atoms with Gasteiger partial charge in [0.25, 0.3) is 0 Å². The quantitative estimate of drug-likeness (QED) is 0.361. The van der Waals surface area contributed by atoms with E-state index in [-0.39, 0.29) is 0 Å². The molecule has 0 aliphatic heterocycles. The lowest BCUT2D eigenvalue weighted by molar-refractivity contribution is -0.147. The highest BCUT2D eigenvalue weighted by Crippen LogP contribution is 2.11. The Hall–Kier alpha value is -2.20. The first-order chi connectivity index (χ1) is 10.0. The number of carboxylic acids is 4. The number of hydrogen-bond acceptors (Lipinski definition) is 6. The molecule has 126 valence electrons. The van der Waals surface area contributed by atoms with Crippen LogP contribution in [0.1, 0.15) is 13.8 Å². The van der Waals surface area contributed by atoms with Crippen molar-refractivity contribution in [2.24, 2.45) is 0 Å². The normalized spacial score (nSPS) is 13.8. The average molecular weight is 320 g/mol. The molecule has 0 aromatic carbocycles. The SMILES string of the molecule is CC(C(C)N(CC(=O)O)CC(=O)O)N(CC(=O)O)CC(=O)O. The molecule has 0 heterocycles. The fraction of sp³-hybridized carbons (Fsp3) is 0.667. The minimum atomic E-state index is -1.23. The van der Waals surface area contributed by atoms with E-state index in [1.165, 1.54) is 13.8 Å². The summed E-state index contributed by atoms with van der Waals surface area (Å²) in [4.78, 5) is 45.5. The van der Waals surface area contributed by atoms with E-state index in [0.29, 0.717) is 0 Å². The first kappa shape index (κ1) is 19.8. The molecule has 22 heavy (non-hydrogen) atoms. The van der Waals surface area contributed by atoms with Crippen LogP contribution in [0.2, 0.25) is 0 Å². The summed E-state index contributed by atoms with van der Waals surface area (Å²) < 4.78 is 0. The van der Waals surface area contributed by atoms with Gasteiger partial charge in [-0.1, -0.05) is 0 Å². The molecule has 0 fully saturated rings. The molecule has 0 rings (SSSR count). The highest BCUT2D eigenvalue weighted by molar-refractivity contribution is 5.73. The lowest BCUT2D eigenvalue weighted by Crippen LogP contribution is -2.53. The van der Waals surface area contributed by atoms with Gasteiger partial charge in [0, 0.05) is 12.1 Å². The molecule has 4 N–H and O–H groups in total. The average Bonchev–Trinajstić information content (AvgIpc) is 2.33. The molecular formula is C12H20N2O8. The van der Waals surface area contributed by atoms with Crippen LogP contribution in [0.4, 0.5) is 0 Å². The van der Waals surface area contributed by atoms with Gasteiger partial charge in [0.15, 0.2) is 0 Å². The van der Waals surface area contributed by atoms with Crippen LogP contribution in [-0.4, -0.2) is 92.4 Å². The molecule has 2 unspecified atom stereocenters. The van der Waals surface area contributed by atoms with Gasteiger partial charge in [-0.3, -0.25) is 29.0 Å². The summed E-state index contributed by atoms with van der Waals surface area (Å²) in [5.41, 5.74) is 0. The summed E-state index contributed by atoms with van der Waals surface area (Å²) in [7, 11) is 0. The van der Waals surface area contributed by atoms with Crippen LogP contribution in [0, 0.1) is 0 Å². The van der Waals surface area contributed by atoms with Gasteiger partial charge < -0.3 is 20.4 Å². The van der Waals surface area contributed by atoms with Crippen LogP contribution in [0.3, 0.4) is 0 Å². The van der Waals surface area contributed by atoms with Gasteiger partial charge in [-0.05, 0) is 13.8 Å². The van der Waals surface area contributed by atoms with E-state index >= 15 is 0 Å². The zero-order chi connectivity index (χ0) is 17.4. The van der Waals surface area contributed by atoms with E-state index in [4.69, 9.17) is 20.4 Å². The number of carbonyl (C=O) groups is 4. The predicted molar refractivity (Wildman–Crippen MR) is 72.6 cm³/mol. The second-order valence-corrected chi connectivity index (χ2v) is 4.87. The van der Waals surface area contributed by atoms with Gasteiger partial charge in [-0.2, -0.15) is 0 Å². The zero-order valence-corrected chi connectivity index (χ0v) is 12.3. The topological polar surface area (TPSA) is 156 Å². The van der Waals surface area contributed by atoms with Crippen LogP contribution in [0.5, 0.6) is 0 Å². The van der Waals surface area contributed by atoms with Crippen LogP contribution in [0.15, 0.2) is 0 Å². The van der Waals surface area contributed by atoms with Gasteiger partial charge in [0.05, 0.1) is 26.2 Å². The van der Waals surface area contributed by atoms with Gasteiger partial charge >= 0.3 is 23.9 Å². The smallest absolute Gasteiger partial charge is 0.317 e. The molecule has 0 radical (unpaired) electrons. The van der Waals surface area contributed by atoms with Crippen molar-refractivity contribution in [3.05, 3.63) is 0 Å². The van der Waals surface area contributed by atoms with Crippen molar-refractivity contribution in [2.45, 2.75) is 25.9 Å². The monoisotopic (exact) mass is 320 g/mol. The van der Waals surface area contributed by atoms with E-state index < -0.39 is 62.1 Å². The maximum Gasteiger partial charge on any atom is 0.317 e. The van der Waals surface area contributed by atoms with E-state index in [9.17, 15) is 19.2 Å². The summed E-state index contributed by atoms with van der Waals surface area (Å²) in [5, 5.41) is 35.3. The molecule has 0 aromatic rings. The van der Waals surface area contributed by atoms with Crippen LogP contribution >= 0.6 is 0 Å². The molecule has 0 aliphatic carbocycles. The fourth-order valence-corrected chi connectivity index (χ4v) is 1.99. The second-order valence-electron chi connectivity index (χ2n) is 4.87. The van der Waals surface area contributed by atoms with Gasteiger partial charge in [-0.25, -0.2) is 0 Å². The van der Waals surface area contributed by atoms with Crippen LogP contribution in [0.25, 0.3) is 0 Å². The first-order valence-electron chi connectivity index (χ1n) is 6.39. The lowest BCUT2D eigenvalue weighted by atomic mass is 10.1. The molecule has 10 heteroatoms. The van der Waals surface area contributed by atoms with E-state index in [1.807, 2.05) is 0 Å². The van der Waals surface area contributed by atoms with E-state index in [0.717, 1.165) is 9.80 Å². The summed E-state index contributed by atoms with van der Waals surface area (Å²) in [6.07, 6.45) is 0. The Morgan fingerprint density at radius 1 is 0.636 bits per heavy atom. The number of carboxylic acid groups (broad SMARTS) is 4. The maximum absolute atomic E-state index is 10.8. The van der Waals surface area contributed by atoms with Crippen LogP contribution in [-0.2, 0) is 19.2 Å². The number of nitrogens with zero attached hydrogens (tertiary/aromatic N) is 2. The highest BCUT2D eigenvalue weighted by Gasteiger charge is 2.29. The maximum atomic E-state index is 10.8. The van der Waals surface area contributed by atoms with Crippen molar-refractivity contribution in [2.75, 3.05) is 26.2 Å². The fourth-order valence-electron chi connectivity index (χ4n) is 1.99. The third-order valence-corrected chi connectivity index (χ3v) is 3.20. The van der Waals surface area contributed by atoms with Crippen molar-refractivity contribution < 1.29 is 39.6 Å². The molecular weight excluding hydrogens is 300 g/mol. The van der Waals surface area contributed by atoms with E-state index in [2.05, 4.69) is 0 Å². The van der Waals surface area contributed by atoms with Crippen molar-refractivity contribution in [3.8, 4) is 0 Å². The number of rotatable bonds is 11. The summed E-state index contributed by atoms with van der Waals surface area (Å²) in [6.45, 7) is 0.843. The summed E-state index contributed by atoms with van der Waals surface area (Å²) in [5.74, 6) is -4.93. The Bertz CT molecular complexity index is 367. The van der Waals surface area contributed by atoms with Crippen LogP contribution < -0.4 is 0 Å². The third-order valence-electron chi connectivity index (χ3n) is 3.20. The third kappa shape index (κ3) is 7.55. The Morgan fingerprint density at radius 3 is 0.955 bits per heavy atom. The molecule has 0 aliphatic rings. The molecule has 0 saturated heterocycles. The Labute approximate surface area is 126 Å². The summed E-state index contributed by atoms with van der Waals surface area (Å²) >= 11 is 0. The second kappa shape index (κ2) is 8.95. The Kier molecular flexibility index (Phi) is 8.05. The largest absolute Gasteiger partial charge is 0.480 e. The first-order valence-corrected chi connectivity index (χ1v) is 6.39. The van der Waals surface area contributed by atoms with Crippen molar-refractivity contribution >= 4 is 23.9 Å².